The molecule has 3 aromatic rings. The highest BCUT2D eigenvalue weighted by Gasteiger charge is 2.48. The van der Waals surface area contributed by atoms with Crippen LogP contribution < -0.4 is 4.90 Å². The number of aliphatic hydroxyl groups excluding tert-OH is 1. The van der Waals surface area contributed by atoms with Crippen molar-refractivity contribution in [1.29, 1.82) is 0 Å². The molecule has 1 saturated heterocycles. The van der Waals surface area contributed by atoms with Gasteiger partial charge in [-0.3, -0.25) is 0 Å². The van der Waals surface area contributed by atoms with Crippen molar-refractivity contribution in [2.45, 2.75) is 31.0 Å². The van der Waals surface area contributed by atoms with Crippen molar-refractivity contribution in [3.63, 3.8) is 0 Å². The highest BCUT2D eigenvalue weighted by Crippen LogP contribution is 2.49. The summed E-state index contributed by atoms with van der Waals surface area (Å²) in [7, 11) is 0. The van der Waals surface area contributed by atoms with E-state index in [-0.39, 0.29) is 29.3 Å². The first kappa shape index (κ1) is 21.0. The fraction of sp³-hybridized carbons (Fsp3) is 0.240. The number of halogens is 2. The highest BCUT2D eigenvalue weighted by molar-refractivity contribution is 5.72. The Balaban J connectivity index is 1.58. The maximum Gasteiger partial charge on any atom is 0.142 e. The zero-order valence-electron chi connectivity index (χ0n) is 16.7. The molecule has 1 heterocycles. The molecule has 0 radical (unpaired) electrons. The number of benzene rings is 3. The fourth-order valence-corrected chi connectivity index (χ4v) is 4.41. The Labute approximate surface area is 179 Å². The Morgan fingerprint density at radius 3 is 2.06 bits per heavy atom. The lowest BCUT2D eigenvalue weighted by Gasteiger charge is -2.55. The molecule has 31 heavy (non-hydrogen) atoms. The number of aldehydes is 1. The average Bonchev–Trinajstić information content (AvgIpc) is 2.76. The lowest BCUT2D eigenvalue weighted by Crippen LogP contribution is -2.59. The van der Waals surface area contributed by atoms with Crippen molar-refractivity contribution in [2.24, 2.45) is 5.92 Å². The van der Waals surface area contributed by atoms with E-state index in [4.69, 9.17) is 0 Å². The van der Waals surface area contributed by atoms with Gasteiger partial charge in [0.25, 0.3) is 0 Å². The van der Waals surface area contributed by atoms with Gasteiger partial charge in [-0.1, -0.05) is 24.3 Å². The molecule has 4 unspecified atom stereocenters. The molecule has 0 aromatic heterocycles. The molecule has 2 N–H and O–H groups in total. The van der Waals surface area contributed by atoms with Gasteiger partial charge < -0.3 is 19.9 Å². The van der Waals surface area contributed by atoms with E-state index in [9.17, 15) is 23.8 Å². The maximum atomic E-state index is 13.4. The van der Waals surface area contributed by atoms with E-state index < -0.39 is 12.1 Å². The maximum absolute atomic E-state index is 13.4. The van der Waals surface area contributed by atoms with Gasteiger partial charge in [0.1, 0.15) is 23.7 Å². The van der Waals surface area contributed by atoms with Gasteiger partial charge in [0, 0.05) is 11.6 Å². The predicted molar refractivity (Wildman–Crippen MR) is 114 cm³/mol. The van der Waals surface area contributed by atoms with Crippen molar-refractivity contribution in [1.82, 2.24) is 0 Å². The molecule has 0 amide bonds. The van der Waals surface area contributed by atoms with Gasteiger partial charge in [0.2, 0.25) is 0 Å². The molecule has 4 atom stereocenters. The van der Waals surface area contributed by atoms with E-state index in [0.717, 1.165) is 17.5 Å². The molecule has 0 saturated carbocycles. The molecule has 6 heteroatoms. The predicted octanol–water partition coefficient (Wildman–Crippen LogP) is 4.93. The number of aromatic hydroxyl groups is 1. The van der Waals surface area contributed by atoms with E-state index in [1.165, 1.54) is 24.3 Å². The third-order valence-electron chi connectivity index (χ3n) is 5.99. The van der Waals surface area contributed by atoms with Gasteiger partial charge in [0.15, 0.2) is 0 Å². The van der Waals surface area contributed by atoms with Crippen LogP contribution in [-0.2, 0) is 4.79 Å². The summed E-state index contributed by atoms with van der Waals surface area (Å²) in [6, 6.07) is 17.9. The third kappa shape index (κ3) is 4.30. The van der Waals surface area contributed by atoms with Crippen molar-refractivity contribution in [3.05, 3.63) is 95.6 Å². The Bertz CT molecular complexity index is 1020. The van der Waals surface area contributed by atoms with Crippen LogP contribution in [0.3, 0.4) is 0 Å². The first-order chi connectivity index (χ1) is 15.0. The summed E-state index contributed by atoms with van der Waals surface area (Å²) >= 11 is 0. The fourth-order valence-electron chi connectivity index (χ4n) is 4.41. The van der Waals surface area contributed by atoms with Gasteiger partial charge in [0.05, 0.1) is 18.2 Å². The molecule has 1 fully saturated rings. The smallest absolute Gasteiger partial charge is 0.142 e. The second kappa shape index (κ2) is 8.86. The van der Waals surface area contributed by atoms with Gasteiger partial charge in [-0.25, -0.2) is 8.78 Å². The van der Waals surface area contributed by atoms with E-state index >= 15 is 0 Å². The minimum atomic E-state index is -0.770. The molecular formula is C25H23F2NO3. The molecule has 0 aliphatic carbocycles. The minimum Gasteiger partial charge on any atom is -0.508 e. The number of anilines is 1. The van der Waals surface area contributed by atoms with Crippen LogP contribution in [-0.4, -0.2) is 22.5 Å². The van der Waals surface area contributed by atoms with Crippen LogP contribution in [0.25, 0.3) is 0 Å². The lowest BCUT2D eigenvalue weighted by molar-refractivity contribution is -0.112. The molecule has 160 valence electrons. The largest absolute Gasteiger partial charge is 0.508 e. The Hall–Kier alpha value is -3.25. The van der Waals surface area contributed by atoms with Crippen molar-refractivity contribution >= 4 is 12.0 Å². The molecule has 3 aromatic carbocycles. The zero-order chi connectivity index (χ0) is 22.0. The van der Waals surface area contributed by atoms with Crippen LogP contribution in [0.15, 0.2) is 72.8 Å². The SMILES string of the molecule is O=CC1C(CCC(O)c2ccc(F)cc2)C(c2ccc(O)cc2)N1c1ccc(F)cc1. The summed E-state index contributed by atoms with van der Waals surface area (Å²) in [5.41, 5.74) is 2.27. The molecule has 4 nitrogen and oxygen atoms in total. The second-order valence-corrected chi connectivity index (χ2v) is 7.86. The average molecular weight is 423 g/mol. The third-order valence-corrected chi connectivity index (χ3v) is 5.99. The molecule has 1 aliphatic rings. The monoisotopic (exact) mass is 423 g/mol. The van der Waals surface area contributed by atoms with Gasteiger partial charge in [-0.15, -0.1) is 0 Å². The van der Waals surface area contributed by atoms with E-state index in [2.05, 4.69) is 0 Å². The van der Waals surface area contributed by atoms with Gasteiger partial charge in [-0.05, 0) is 72.5 Å². The van der Waals surface area contributed by atoms with Crippen LogP contribution >= 0.6 is 0 Å². The van der Waals surface area contributed by atoms with E-state index in [1.807, 2.05) is 4.90 Å². The quantitative estimate of drug-likeness (QED) is 0.529. The summed E-state index contributed by atoms with van der Waals surface area (Å²) in [6.45, 7) is 0. The highest BCUT2D eigenvalue weighted by atomic mass is 19.1. The molecule has 1 aliphatic heterocycles. The summed E-state index contributed by atoms with van der Waals surface area (Å²) in [5.74, 6) is -0.654. The lowest BCUT2D eigenvalue weighted by atomic mass is 9.73. The Morgan fingerprint density at radius 2 is 1.48 bits per heavy atom. The Kier molecular flexibility index (Phi) is 6.00. The number of hydrogen-bond acceptors (Lipinski definition) is 4. The van der Waals surface area contributed by atoms with E-state index in [0.29, 0.717) is 18.4 Å². The Morgan fingerprint density at radius 1 is 0.903 bits per heavy atom. The normalized spacial score (nSPS) is 21.4. The number of nitrogens with zero attached hydrogens (tertiary/aromatic N) is 1. The number of rotatable bonds is 7. The first-order valence-electron chi connectivity index (χ1n) is 10.2. The standard InChI is InChI=1S/C25H23F2NO3/c26-18-5-1-16(2-6-18)24(31)14-13-22-23(15-29)28(20-9-7-19(27)8-10-20)25(22)17-3-11-21(30)12-4-17/h1-12,15,22-25,30-31H,13-14H2. The summed E-state index contributed by atoms with van der Waals surface area (Å²) in [6.07, 6.45) is 1.08. The van der Waals surface area contributed by atoms with E-state index in [1.54, 1.807) is 48.5 Å². The minimum absolute atomic E-state index is 0.0813. The van der Waals surface area contributed by atoms with Gasteiger partial charge in [-0.2, -0.15) is 0 Å². The van der Waals surface area contributed by atoms with Crippen LogP contribution in [0.4, 0.5) is 14.5 Å². The number of aliphatic hydroxyl groups is 1. The number of phenols is 1. The first-order valence-corrected chi connectivity index (χ1v) is 10.2. The van der Waals surface area contributed by atoms with Crippen LogP contribution in [0, 0.1) is 17.6 Å². The van der Waals surface area contributed by atoms with Crippen molar-refractivity contribution in [2.75, 3.05) is 4.90 Å². The number of hydrogen-bond donors (Lipinski definition) is 2. The van der Waals surface area contributed by atoms with Crippen molar-refractivity contribution < 1.29 is 23.8 Å². The van der Waals surface area contributed by atoms with Crippen LogP contribution in [0.2, 0.25) is 0 Å². The number of carbonyl (C=O) groups excluding carboxylic acids is 1. The number of carbonyl (C=O) groups is 1. The second-order valence-electron chi connectivity index (χ2n) is 7.86. The van der Waals surface area contributed by atoms with Crippen molar-refractivity contribution in [3.8, 4) is 5.75 Å². The molecule has 0 bridgehead atoms. The number of phenolic OH excluding ortho intramolecular Hbond substituents is 1. The summed E-state index contributed by atoms with van der Waals surface area (Å²) < 4.78 is 26.6. The molecule has 4 rings (SSSR count). The van der Waals surface area contributed by atoms with Crippen LogP contribution in [0.5, 0.6) is 5.75 Å². The zero-order valence-corrected chi connectivity index (χ0v) is 16.7. The van der Waals surface area contributed by atoms with Crippen LogP contribution in [0.1, 0.15) is 36.1 Å². The molecule has 0 spiro atoms. The summed E-state index contributed by atoms with van der Waals surface area (Å²) in [4.78, 5) is 13.9. The van der Waals surface area contributed by atoms with Gasteiger partial charge >= 0.3 is 0 Å². The topological polar surface area (TPSA) is 60.8 Å². The molecular weight excluding hydrogens is 400 g/mol. The summed E-state index contributed by atoms with van der Waals surface area (Å²) in [5, 5.41) is 20.2.